The van der Waals surface area contributed by atoms with Gasteiger partial charge in [-0.2, -0.15) is 0 Å². The van der Waals surface area contributed by atoms with Crippen LogP contribution in [-0.4, -0.2) is 36.9 Å². The van der Waals surface area contributed by atoms with E-state index < -0.39 is 0 Å². The topological polar surface area (TPSA) is 44.3 Å². The third-order valence-corrected chi connectivity index (χ3v) is 1.58. The van der Waals surface area contributed by atoms with Gasteiger partial charge in [0.15, 0.2) is 0 Å². The highest BCUT2D eigenvalue weighted by atomic mass is 16.3. The van der Waals surface area contributed by atoms with Crippen molar-refractivity contribution in [3.63, 3.8) is 0 Å². The Hall–Kier alpha value is -0.120. The summed E-state index contributed by atoms with van der Waals surface area (Å²) in [4.78, 5) is 0. The lowest BCUT2D eigenvalue weighted by molar-refractivity contribution is 0.211. The van der Waals surface area contributed by atoms with Gasteiger partial charge in [-0.05, 0) is 6.92 Å². The molecule has 2 atom stereocenters. The van der Waals surface area contributed by atoms with Crippen LogP contribution in [0, 0.1) is 0 Å². The molecule has 0 bridgehead atoms. The molecule has 1 heterocycles. The Labute approximate surface area is 55.5 Å². The minimum atomic E-state index is 0.233. The summed E-state index contributed by atoms with van der Waals surface area (Å²) in [6.45, 7) is 4.24. The largest absolute Gasteiger partial charge is 0.395 e. The van der Waals surface area contributed by atoms with Crippen molar-refractivity contribution < 1.29 is 5.11 Å². The molecule has 1 rings (SSSR count). The zero-order valence-electron chi connectivity index (χ0n) is 5.72. The van der Waals surface area contributed by atoms with E-state index in [1.807, 2.05) is 0 Å². The third kappa shape index (κ3) is 1.93. The van der Waals surface area contributed by atoms with Gasteiger partial charge in [-0.25, -0.2) is 0 Å². The molecule has 0 amide bonds. The summed E-state index contributed by atoms with van der Waals surface area (Å²) < 4.78 is 0. The lowest BCUT2D eigenvalue weighted by Crippen LogP contribution is -2.54. The van der Waals surface area contributed by atoms with Crippen LogP contribution in [0.5, 0.6) is 0 Å². The van der Waals surface area contributed by atoms with Crippen molar-refractivity contribution in [2.24, 2.45) is 0 Å². The molecule has 9 heavy (non-hydrogen) atoms. The molecule has 1 fully saturated rings. The summed E-state index contributed by atoms with van der Waals surface area (Å²) in [5.74, 6) is 0. The van der Waals surface area contributed by atoms with Gasteiger partial charge in [-0.15, -0.1) is 0 Å². The number of rotatable bonds is 1. The summed E-state index contributed by atoms with van der Waals surface area (Å²) in [7, 11) is 0. The van der Waals surface area contributed by atoms with E-state index in [4.69, 9.17) is 5.11 Å². The Bertz CT molecular complexity index is 87.1. The molecule has 3 N–H and O–H groups in total. The molecule has 0 aromatic carbocycles. The molecular formula is C6H14N2O. The van der Waals surface area contributed by atoms with Gasteiger partial charge in [0, 0.05) is 25.2 Å². The van der Waals surface area contributed by atoms with Gasteiger partial charge in [0.25, 0.3) is 0 Å². The first kappa shape index (κ1) is 6.99. The van der Waals surface area contributed by atoms with Gasteiger partial charge in [0.1, 0.15) is 0 Å². The number of aliphatic hydroxyl groups excluding tert-OH is 1. The van der Waals surface area contributed by atoms with E-state index in [1.165, 1.54) is 0 Å². The van der Waals surface area contributed by atoms with Crippen molar-refractivity contribution in [1.29, 1.82) is 0 Å². The molecule has 1 unspecified atom stereocenters. The summed E-state index contributed by atoms with van der Waals surface area (Å²) in [5.41, 5.74) is 0. The molecule has 3 nitrogen and oxygen atoms in total. The minimum Gasteiger partial charge on any atom is -0.395 e. The summed E-state index contributed by atoms with van der Waals surface area (Å²) in [6, 6.07) is 0.754. The lowest BCUT2D eigenvalue weighted by atomic mass is 10.2. The van der Waals surface area contributed by atoms with Crippen LogP contribution < -0.4 is 10.6 Å². The second-order valence-corrected chi connectivity index (χ2v) is 2.61. The highest BCUT2D eigenvalue weighted by molar-refractivity contribution is 4.79. The van der Waals surface area contributed by atoms with Crippen LogP contribution in [0.2, 0.25) is 0 Å². The molecule has 54 valence electrons. The Morgan fingerprint density at radius 2 is 2.33 bits per heavy atom. The van der Waals surface area contributed by atoms with Gasteiger partial charge in [-0.3, -0.25) is 0 Å². The Morgan fingerprint density at radius 3 is 2.78 bits per heavy atom. The van der Waals surface area contributed by atoms with Gasteiger partial charge >= 0.3 is 0 Å². The predicted molar refractivity (Wildman–Crippen MR) is 36.3 cm³/mol. The smallest absolute Gasteiger partial charge is 0.0597 e. The average molecular weight is 130 g/mol. The zero-order chi connectivity index (χ0) is 6.69. The quantitative estimate of drug-likeness (QED) is 0.423. The van der Waals surface area contributed by atoms with E-state index in [9.17, 15) is 0 Å². The number of nitrogens with one attached hydrogen (secondary N) is 2. The molecule has 0 saturated carbocycles. The van der Waals surface area contributed by atoms with Crippen LogP contribution >= 0.6 is 0 Å². The number of aliphatic hydroxyl groups is 1. The molecule has 0 aliphatic carbocycles. The van der Waals surface area contributed by atoms with Crippen LogP contribution in [-0.2, 0) is 0 Å². The van der Waals surface area contributed by atoms with Crippen LogP contribution in [0.4, 0.5) is 0 Å². The highest BCUT2D eigenvalue weighted by Crippen LogP contribution is 1.90. The van der Waals surface area contributed by atoms with Crippen molar-refractivity contribution in [3.8, 4) is 0 Å². The second kappa shape index (κ2) is 3.15. The highest BCUT2D eigenvalue weighted by Gasteiger charge is 2.14. The molecule has 1 saturated heterocycles. The van der Waals surface area contributed by atoms with Gasteiger partial charge in [0.05, 0.1) is 6.61 Å². The van der Waals surface area contributed by atoms with E-state index in [1.54, 1.807) is 0 Å². The fourth-order valence-electron chi connectivity index (χ4n) is 1.11. The fourth-order valence-corrected chi connectivity index (χ4v) is 1.11. The standard InChI is InChI=1S/C6H14N2O/c1-5-2-7-3-6(4-9)8-5/h5-9H,2-4H2,1H3/t5-,6?/m0/s1. The molecule has 0 aromatic rings. The van der Waals surface area contributed by atoms with E-state index in [0.29, 0.717) is 6.04 Å². The van der Waals surface area contributed by atoms with Crippen molar-refractivity contribution >= 4 is 0 Å². The van der Waals surface area contributed by atoms with Gasteiger partial charge in [-0.1, -0.05) is 0 Å². The van der Waals surface area contributed by atoms with E-state index in [0.717, 1.165) is 13.1 Å². The van der Waals surface area contributed by atoms with Crippen molar-refractivity contribution in [2.45, 2.75) is 19.0 Å². The predicted octanol–water partition coefficient (Wildman–Crippen LogP) is -1.07. The number of hydrogen-bond acceptors (Lipinski definition) is 3. The maximum Gasteiger partial charge on any atom is 0.0597 e. The van der Waals surface area contributed by atoms with E-state index in [2.05, 4.69) is 17.6 Å². The molecule has 3 heteroatoms. The lowest BCUT2D eigenvalue weighted by Gasteiger charge is -2.28. The van der Waals surface area contributed by atoms with Crippen LogP contribution in [0.3, 0.4) is 0 Å². The third-order valence-electron chi connectivity index (χ3n) is 1.58. The van der Waals surface area contributed by atoms with E-state index >= 15 is 0 Å². The molecule has 0 radical (unpaired) electrons. The second-order valence-electron chi connectivity index (χ2n) is 2.61. The van der Waals surface area contributed by atoms with Crippen LogP contribution in [0.15, 0.2) is 0 Å². The number of hydrogen-bond donors (Lipinski definition) is 3. The molecule has 0 spiro atoms. The molecule has 0 aromatic heterocycles. The first-order chi connectivity index (χ1) is 4.33. The molecule has 1 aliphatic rings. The first-order valence-corrected chi connectivity index (χ1v) is 3.40. The number of piperazine rings is 1. The molecular weight excluding hydrogens is 116 g/mol. The Morgan fingerprint density at radius 1 is 1.56 bits per heavy atom. The van der Waals surface area contributed by atoms with Crippen molar-refractivity contribution in [1.82, 2.24) is 10.6 Å². The maximum absolute atomic E-state index is 8.71. The average Bonchev–Trinajstić information content (AvgIpc) is 1.88. The Kier molecular flexibility index (Phi) is 2.45. The SMILES string of the molecule is C[C@H]1CNCC(CO)N1. The van der Waals surface area contributed by atoms with Crippen LogP contribution in [0.1, 0.15) is 6.92 Å². The summed E-state index contributed by atoms with van der Waals surface area (Å²) in [6.07, 6.45) is 0. The molecule has 1 aliphatic heterocycles. The van der Waals surface area contributed by atoms with Crippen LogP contribution in [0.25, 0.3) is 0 Å². The maximum atomic E-state index is 8.71. The summed E-state index contributed by atoms with van der Waals surface area (Å²) in [5, 5.41) is 15.2. The monoisotopic (exact) mass is 130 g/mol. The first-order valence-electron chi connectivity index (χ1n) is 3.40. The fraction of sp³-hybridized carbons (Fsp3) is 1.00. The normalized spacial score (nSPS) is 36.7. The van der Waals surface area contributed by atoms with Gasteiger partial charge < -0.3 is 15.7 Å². The van der Waals surface area contributed by atoms with Gasteiger partial charge in [0.2, 0.25) is 0 Å². The zero-order valence-corrected chi connectivity index (χ0v) is 5.72. The Balaban J connectivity index is 2.23. The van der Waals surface area contributed by atoms with Crippen molar-refractivity contribution in [2.75, 3.05) is 19.7 Å². The minimum absolute atomic E-state index is 0.233. The van der Waals surface area contributed by atoms with Crippen molar-refractivity contribution in [3.05, 3.63) is 0 Å². The van der Waals surface area contributed by atoms with E-state index in [-0.39, 0.29) is 12.6 Å². The summed E-state index contributed by atoms with van der Waals surface area (Å²) >= 11 is 0.